The van der Waals surface area contributed by atoms with Gasteiger partial charge >= 0.3 is 5.97 Å². The van der Waals surface area contributed by atoms with Crippen LogP contribution >= 0.6 is 0 Å². The van der Waals surface area contributed by atoms with Crippen LogP contribution in [0, 0.1) is 0 Å². The molecule has 1 aliphatic rings. The second kappa shape index (κ2) is 10.1. The summed E-state index contributed by atoms with van der Waals surface area (Å²) in [7, 11) is 1.30. The highest BCUT2D eigenvalue weighted by molar-refractivity contribution is 6.18. The molecule has 0 fully saturated rings. The second-order valence-electron chi connectivity index (χ2n) is 7.73. The van der Waals surface area contributed by atoms with Crippen molar-refractivity contribution in [2.75, 3.05) is 23.9 Å². The zero-order valence-corrected chi connectivity index (χ0v) is 18.9. The predicted molar refractivity (Wildman–Crippen MR) is 130 cm³/mol. The molecule has 3 aromatic rings. The van der Waals surface area contributed by atoms with Crippen molar-refractivity contribution in [2.24, 2.45) is 4.99 Å². The van der Waals surface area contributed by atoms with E-state index >= 15 is 0 Å². The monoisotopic (exact) mass is 456 g/mol. The van der Waals surface area contributed by atoms with Crippen LogP contribution in [0.2, 0.25) is 0 Å². The highest BCUT2D eigenvalue weighted by Crippen LogP contribution is 2.31. The Balaban J connectivity index is 1.53. The number of nitrogens with zero attached hydrogens (tertiary/aromatic N) is 3. The summed E-state index contributed by atoms with van der Waals surface area (Å²) < 4.78 is 4.68. The van der Waals surface area contributed by atoms with Crippen LogP contribution in [-0.4, -0.2) is 42.1 Å². The number of ether oxygens (including phenoxy) is 1. The number of aryl methyl sites for hydroxylation is 1. The first-order valence-corrected chi connectivity index (χ1v) is 10.9. The van der Waals surface area contributed by atoms with E-state index in [0.717, 1.165) is 12.0 Å². The van der Waals surface area contributed by atoms with Crippen molar-refractivity contribution in [1.29, 1.82) is 0 Å². The Kier molecular flexibility index (Phi) is 6.77. The third kappa shape index (κ3) is 5.01. The standard InChI is InChI=1S/C26H24N4O4/c1-3-17-6-8-18(9-7-17)22-15-24(32)30(25-21(29-22)5-4-14-27-25)16-23(31)28-20-12-10-19(11-13-20)26(33)34-2/h4-14H,3,15-16H2,1-2H3,(H,28,31). The molecular weight excluding hydrogens is 432 g/mol. The van der Waals surface area contributed by atoms with Gasteiger partial charge in [-0.3, -0.25) is 14.5 Å². The number of carbonyl (C=O) groups excluding carboxylic acids is 3. The molecule has 0 spiro atoms. The highest BCUT2D eigenvalue weighted by Gasteiger charge is 2.27. The molecule has 0 radical (unpaired) electrons. The molecule has 1 aliphatic heterocycles. The lowest BCUT2D eigenvalue weighted by Crippen LogP contribution is -2.39. The lowest BCUT2D eigenvalue weighted by atomic mass is 10.0. The molecule has 1 aromatic heterocycles. The van der Waals surface area contributed by atoms with Crippen LogP contribution in [0.3, 0.4) is 0 Å². The van der Waals surface area contributed by atoms with Gasteiger partial charge in [0.15, 0.2) is 5.82 Å². The molecule has 0 bridgehead atoms. The molecule has 0 unspecified atom stereocenters. The summed E-state index contributed by atoms with van der Waals surface area (Å²) >= 11 is 0. The van der Waals surface area contributed by atoms with E-state index in [9.17, 15) is 14.4 Å². The molecule has 8 nitrogen and oxygen atoms in total. The van der Waals surface area contributed by atoms with Crippen molar-refractivity contribution < 1.29 is 19.1 Å². The van der Waals surface area contributed by atoms with Crippen molar-refractivity contribution in [2.45, 2.75) is 19.8 Å². The van der Waals surface area contributed by atoms with Gasteiger partial charge in [-0.2, -0.15) is 0 Å². The first-order chi connectivity index (χ1) is 16.5. The van der Waals surface area contributed by atoms with Gasteiger partial charge in [-0.25, -0.2) is 14.8 Å². The van der Waals surface area contributed by atoms with E-state index in [1.165, 1.54) is 17.6 Å². The predicted octanol–water partition coefficient (Wildman–Crippen LogP) is 3.93. The molecule has 2 heterocycles. The van der Waals surface area contributed by atoms with Crippen molar-refractivity contribution in [3.63, 3.8) is 0 Å². The summed E-state index contributed by atoms with van der Waals surface area (Å²) in [5, 5.41) is 2.75. The molecule has 2 amide bonds. The van der Waals surface area contributed by atoms with Crippen molar-refractivity contribution in [1.82, 2.24) is 4.98 Å². The van der Waals surface area contributed by atoms with Crippen LogP contribution in [0.15, 0.2) is 71.9 Å². The number of aromatic nitrogens is 1. The Bertz CT molecular complexity index is 1250. The van der Waals surface area contributed by atoms with Gasteiger partial charge in [0.05, 0.1) is 24.8 Å². The number of fused-ring (bicyclic) bond motifs is 1. The van der Waals surface area contributed by atoms with E-state index in [4.69, 9.17) is 4.99 Å². The molecule has 0 aliphatic carbocycles. The first kappa shape index (κ1) is 22.8. The number of anilines is 2. The number of hydrogen-bond donors (Lipinski definition) is 1. The highest BCUT2D eigenvalue weighted by atomic mass is 16.5. The van der Waals surface area contributed by atoms with Gasteiger partial charge in [0.2, 0.25) is 11.8 Å². The van der Waals surface area contributed by atoms with Gasteiger partial charge in [0.25, 0.3) is 0 Å². The van der Waals surface area contributed by atoms with Crippen LogP contribution < -0.4 is 10.2 Å². The van der Waals surface area contributed by atoms with Gasteiger partial charge in [0.1, 0.15) is 12.2 Å². The SMILES string of the molecule is CCc1ccc(C2=Nc3cccnc3N(CC(=O)Nc3ccc(C(=O)OC)cc3)C(=O)C2)cc1. The number of esters is 1. The lowest BCUT2D eigenvalue weighted by Gasteiger charge is -2.20. The molecule has 8 heteroatoms. The Hall–Kier alpha value is -4.33. The van der Waals surface area contributed by atoms with Crippen LogP contribution in [-0.2, 0) is 20.7 Å². The zero-order valence-electron chi connectivity index (χ0n) is 18.9. The third-order valence-electron chi connectivity index (χ3n) is 5.48. The smallest absolute Gasteiger partial charge is 0.337 e. The summed E-state index contributed by atoms with van der Waals surface area (Å²) in [6, 6.07) is 17.8. The number of carbonyl (C=O) groups is 3. The summed E-state index contributed by atoms with van der Waals surface area (Å²) in [6.07, 6.45) is 2.54. The minimum atomic E-state index is -0.462. The maximum absolute atomic E-state index is 13.2. The van der Waals surface area contributed by atoms with Crippen LogP contribution in [0.5, 0.6) is 0 Å². The minimum Gasteiger partial charge on any atom is -0.465 e. The first-order valence-electron chi connectivity index (χ1n) is 10.9. The largest absolute Gasteiger partial charge is 0.465 e. The molecule has 2 aromatic carbocycles. The maximum Gasteiger partial charge on any atom is 0.337 e. The van der Waals surface area contributed by atoms with Crippen LogP contribution in [0.4, 0.5) is 17.2 Å². The van der Waals surface area contributed by atoms with E-state index in [1.807, 2.05) is 24.3 Å². The number of nitrogens with one attached hydrogen (secondary N) is 1. The maximum atomic E-state index is 13.2. The molecule has 172 valence electrons. The number of methoxy groups -OCH3 is 1. The fraction of sp³-hybridized carbons (Fsp3) is 0.192. The lowest BCUT2D eigenvalue weighted by molar-refractivity contribution is -0.120. The normalized spacial score (nSPS) is 12.9. The molecule has 0 saturated heterocycles. The van der Waals surface area contributed by atoms with Gasteiger partial charge in [-0.05, 0) is 53.9 Å². The van der Waals surface area contributed by atoms with Gasteiger partial charge in [-0.15, -0.1) is 0 Å². The minimum absolute atomic E-state index is 0.0446. The molecule has 34 heavy (non-hydrogen) atoms. The summed E-state index contributed by atoms with van der Waals surface area (Å²) in [6.45, 7) is 1.86. The van der Waals surface area contributed by atoms with Gasteiger partial charge in [-0.1, -0.05) is 31.2 Å². The number of hydrogen-bond acceptors (Lipinski definition) is 6. The van der Waals surface area contributed by atoms with Crippen LogP contribution in [0.1, 0.15) is 34.8 Å². The van der Waals surface area contributed by atoms with Gasteiger partial charge < -0.3 is 10.1 Å². The Morgan fingerprint density at radius 3 is 2.47 bits per heavy atom. The van der Waals surface area contributed by atoms with Crippen LogP contribution in [0.25, 0.3) is 0 Å². The molecule has 0 saturated carbocycles. The Morgan fingerprint density at radius 2 is 1.79 bits per heavy atom. The number of pyridine rings is 1. The third-order valence-corrected chi connectivity index (χ3v) is 5.48. The van der Waals surface area contributed by atoms with Crippen molar-refractivity contribution in [3.8, 4) is 0 Å². The fourth-order valence-electron chi connectivity index (χ4n) is 3.64. The van der Waals surface area contributed by atoms with E-state index in [2.05, 4.69) is 22.0 Å². The number of benzene rings is 2. The summed E-state index contributed by atoms with van der Waals surface area (Å²) in [5.41, 5.74) is 4.08. The Morgan fingerprint density at radius 1 is 1.06 bits per heavy atom. The van der Waals surface area contributed by atoms with Crippen molar-refractivity contribution in [3.05, 3.63) is 83.6 Å². The molecular formula is C26H24N4O4. The van der Waals surface area contributed by atoms with E-state index in [-0.39, 0.29) is 18.9 Å². The molecule has 0 atom stereocenters. The zero-order chi connectivity index (χ0) is 24.1. The fourth-order valence-corrected chi connectivity index (χ4v) is 3.64. The van der Waals surface area contributed by atoms with Crippen molar-refractivity contribution >= 4 is 40.7 Å². The number of aliphatic imine (C=N–C) groups is 1. The van der Waals surface area contributed by atoms with E-state index < -0.39 is 11.9 Å². The quantitative estimate of drug-likeness (QED) is 0.567. The van der Waals surface area contributed by atoms with E-state index in [1.54, 1.807) is 42.6 Å². The van der Waals surface area contributed by atoms with Gasteiger partial charge in [0, 0.05) is 11.9 Å². The number of rotatable bonds is 6. The summed E-state index contributed by atoms with van der Waals surface area (Å²) in [4.78, 5) is 48.0. The molecule has 4 rings (SSSR count). The average molecular weight is 457 g/mol. The second-order valence-corrected chi connectivity index (χ2v) is 7.73. The summed E-state index contributed by atoms with van der Waals surface area (Å²) in [5.74, 6) is -0.793. The van der Waals surface area contributed by atoms with E-state index in [0.29, 0.717) is 28.5 Å². The molecule has 1 N–H and O–H groups in total. The average Bonchev–Trinajstić information content (AvgIpc) is 3.00. The Labute approximate surface area is 197 Å². The number of amides is 2. The topological polar surface area (TPSA) is 101 Å².